The highest BCUT2D eigenvalue weighted by molar-refractivity contribution is 6.30. The molecule has 1 saturated heterocycles. The highest BCUT2D eigenvalue weighted by Gasteiger charge is 2.31. The number of rotatable bonds is 13. The summed E-state index contributed by atoms with van der Waals surface area (Å²) < 4.78 is 0. The minimum atomic E-state index is -1.07. The molecule has 0 saturated carbocycles. The standard InChI is InChI=1S/C37H40ClN5O4/c38-30-14-11-25(12-15-30)22-32(42-35(45)28-16-18-40-19-17-28)37(47)43-33(23-26-10-13-27-8-4-5-9-29(27)20-26)36(46)41-31(34(39)44)21-24-6-2-1-3-7-24/h1-15,20,28,31-33,40H,16-19,21-23H2,(H2,39,44)(H,41,46)(H,42,45)(H,43,47)/t31-,32+,33+/m0/s1. The van der Waals surface area contributed by atoms with Crippen LogP contribution in [0, 0.1) is 5.92 Å². The fourth-order valence-electron chi connectivity index (χ4n) is 5.87. The van der Waals surface area contributed by atoms with Crippen molar-refractivity contribution in [3.63, 3.8) is 0 Å². The fourth-order valence-corrected chi connectivity index (χ4v) is 5.99. The summed E-state index contributed by atoms with van der Waals surface area (Å²) in [4.78, 5) is 53.7. The van der Waals surface area contributed by atoms with Gasteiger partial charge in [0.2, 0.25) is 23.6 Å². The first-order valence-corrected chi connectivity index (χ1v) is 16.3. The zero-order valence-electron chi connectivity index (χ0n) is 26.1. The van der Waals surface area contributed by atoms with Crippen LogP contribution in [0.15, 0.2) is 97.1 Å². The Hall–Kier alpha value is -4.73. The molecule has 3 atom stereocenters. The van der Waals surface area contributed by atoms with Gasteiger partial charge < -0.3 is 27.0 Å². The van der Waals surface area contributed by atoms with Crippen LogP contribution in [0.4, 0.5) is 0 Å². The van der Waals surface area contributed by atoms with E-state index in [0.717, 1.165) is 40.6 Å². The lowest BCUT2D eigenvalue weighted by Gasteiger charge is -2.27. The summed E-state index contributed by atoms with van der Waals surface area (Å²) in [6.45, 7) is 1.45. The van der Waals surface area contributed by atoms with Crippen molar-refractivity contribution < 1.29 is 19.2 Å². The predicted molar refractivity (Wildman–Crippen MR) is 184 cm³/mol. The topological polar surface area (TPSA) is 142 Å². The van der Waals surface area contributed by atoms with E-state index in [1.165, 1.54) is 0 Å². The SMILES string of the molecule is NC(=O)[C@H](Cc1ccccc1)NC(=O)[C@@H](Cc1ccc2ccccc2c1)NC(=O)[C@@H](Cc1ccc(Cl)cc1)NC(=O)C1CCNCC1. The molecule has 4 aromatic carbocycles. The largest absolute Gasteiger partial charge is 0.368 e. The van der Waals surface area contributed by atoms with Crippen LogP contribution in [-0.4, -0.2) is 54.8 Å². The summed E-state index contributed by atoms with van der Waals surface area (Å²) in [7, 11) is 0. The van der Waals surface area contributed by atoms with E-state index in [4.69, 9.17) is 17.3 Å². The molecule has 9 nitrogen and oxygen atoms in total. The van der Waals surface area contributed by atoms with Gasteiger partial charge in [-0.25, -0.2) is 0 Å². The van der Waals surface area contributed by atoms with Gasteiger partial charge in [-0.05, 0) is 65.5 Å². The second-order valence-corrected chi connectivity index (χ2v) is 12.5. The lowest BCUT2D eigenvalue weighted by molar-refractivity contribution is -0.134. The summed E-state index contributed by atoms with van der Waals surface area (Å²) in [5.74, 6) is -2.17. The van der Waals surface area contributed by atoms with Crippen molar-refractivity contribution in [2.75, 3.05) is 13.1 Å². The molecule has 47 heavy (non-hydrogen) atoms. The lowest BCUT2D eigenvalue weighted by Crippen LogP contribution is -2.58. The first-order valence-electron chi connectivity index (χ1n) is 15.9. The molecule has 0 aromatic heterocycles. The Labute approximate surface area is 279 Å². The van der Waals surface area contributed by atoms with Crippen LogP contribution in [0.5, 0.6) is 0 Å². The number of benzene rings is 4. The number of carbonyl (C=O) groups is 4. The molecule has 6 N–H and O–H groups in total. The van der Waals surface area contributed by atoms with E-state index in [1.807, 2.05) is 72.8 Å². The van der Waals surface area contributed by atoms with Gasteiger partial charge in [-0.1, -0.05) is 96.5 Å². The van der Waals surface area contributed by atoms with Crippen LogP contribution >= 0.6 is 11.6 Å². The zero-order valence-corrected chi connectivity index (χ0v) is 26.8. The van der Waals surface area contributed by atoms with Crippen molar-refractivity contribution in [3.05, 3.63) is 119 Å². The molecule has 10 heteroatoms. The number of halogens is 1. The van der Waals surface area contributed by atoms with Gasteiger partial charge in [0.25, 0.3) is 0 Å². The third kappa shape index (κ3) is 9.64. The van der Waals surface area contributed by atoms with Crippen molar-refractivity contribution in [1.29, 1.82) is 0 Å². The molecule has 0 radical (unpaired) electrons. The highest BCUT2D eigenvalue weighted by atomic mass is 35.5. The molecule has 0 bridgehead atoms. The molecule has 1 aliphatic heterocycles. The summed E-state index contributed by atoms with van der Waals surface area (Å²) in [6.07, 6.45) is 1.88. The Balaban J connectivity index is 1.40. The Kier molecular flexibility index (Phi) is 11.6. The molecule has 1 fully saturated rings. The van der Waals surface area contributed by atoms with Gasteiger partial charge in [0.1, 0.15) is 18.1 Å². The predicted octanol–water partition coefficient (Wildman–Crippen LogP) is 3.46. The van der Waals surface area contributed by atoms with E-state index in [1.54, 1.807) is 24.3 Å². The quantitative estimate of drug-likeness (QED) is 0.150. The molecule has 4 amide bonds. The smallest absolute Gasteiger partial charge is 0.243 e. The van der Waals surface area contributed by atoms with Gasteiger partial charge in [0.05, 0.1) is 0 Å². The van der Waals surface area contributed by atoms with Gasteiger partial charge in [0, 0.05) is 30.2 Å². The number of hydrogen-bond donors (Lipinski definition) is 5. The van der Waals surface area contributed by atoms with E-state index in [9.17, 15) is 19.2 Å². The second-order valence-electron chi connectivity index (χ2n) is 12.0. The van der Waals surface area contributed by atoms with Gasteiger partial charge >= 0.3 is 0 Å². The molecule has 1 heterocycles. The number of primary amides is 1. The summed E-state index contributed by atoms with van der Waals surface area (Å²) in [5, 5.41) is 14.5. The fraction of sp³-hybridized carbons (Fsp3) is 0.297. The zero-order chi connectivity index (χ0) is 33.2. The van der Waals surface area contributed by atoms with Crippen molar-refractivity contribution in [3.8, 4) is 0 Å². The summed E-state index contributed by atoms with van der Waals surface area (Å²) in [6, 6.07) is 27.0. The molecule has 4 aromatic rings. The summed E-state index contributed by atoms with van der Waals surface area (Å²) >= 11 is 6.10. The second kappa shape index (κ2) is 16.2. The average Bonchev–Trinajstić information content (AvgIpc) is 3.09. The number of amides is 4. The number of hydrogen-bond acceptors (Lipinski definition) is 5. The molecule has 0 spiro atoms. The third-order valence-corrected chi connectivity index (χ3v) is 8.78. The number of carbonyl (C=O) groups excluding carboxylic acids is 4. The van der Waals surface area contributed by atoms with Crippen molar-refractivity contribution in [1.82, 2.24) is 21.3 Å². The van der Waals surface area contributed by atoms with E-state index >= 15 is 0 Å². The monoisotopic (exact) mass is 653 g/mol. The van der Waals surface area contributed by atoms with Crippen LogP contribution in [0.25, 0.3) is 10.8 Å². The van der Waals surface area contributed by atoms with Crippen molar-refractivity contribution in [2.45, 2.75) is 50.2 Å². The average molecular weight is 654 g/mol. The molecule has 0 unspecified atom stereocenters. The number of nitrogens with one attached hydrogen (secondary N) is 4. The maximum absolute atomic E-state index is 14.0. The Morgan fingerprint density at radius 1 is 0.660 bits per heavy atom. The number of fused-ring (bicyclic) bond motifs is 1. The molecular formula is C37H40ClN5O4. The van der Waals surface area contributed by atoms with E-state index < -0.39 is 35.8 Å². The van der Waals surface area contributed by atoms with Crippen LogP contribution in [0.2, 0.25) is 5.02 Å². The van der Waals surface area contributed by atoms with Crippen LogP contribution < -0.4 is 27.0 Å². The van der Waals surface area contributed by atoms with Crippen LogP contribution in [-0.2, 0) is 38.4 Å². The van der Waals surface area contributed by atoms with Gasteiger partial charge in [0.15, 0.2) is 0 Å². The van der Waals surface area contributed by atoms with Crippen molar-refractivity contribution >= 4 is 46.0 Å². The molecule has 244 valence electrons. The molecule has 5 rings (SSSR count). The summed E-state index contributed by atoms with van der Waals surface area (Å²) in [5.41, 5.74) is 8.16. The molecule has 1 aliphatic rings. The lowest BCUT2D eigenvalue weighted by atomic mass is 9.96. The van der Waals surface area contributed by atoms with Gasteiger partial charge in [-0.2, -0.15) is 0 Å². The van der Waals surface area contributed by atoms with Crippen molar-refractivity contribution in [2.24, 2.45) is 11.7 Å². The molecule has 0 aliphatic carbocycles. The van der Waals surface area contributed by atoms with E-state index in [0.29, 0.717) is 17.9 Å². The van der Waals surface area contributed by atoms with Gasteiger partial charge in [-0.15, -0.1) is 0 Å². The minimum absolute atomic E-state index is 0.148. The Bertz CT molecular complexity index is 1690. The first kappa shape index (κ1) is 33.6. The maximum Gasteiger partial charge on any atom is 0.243 e. The van der Waals surface area contributed by atoms with Crippen LogP contribution in [0.1, 0.15) is 29.5 Å². The van der Waals surface area contributed by atoms with Gasteiger partial charge in [-0.3, -0.25) is 19.2 Å². The Morgan fingerprint density at radius 3 is 1.87 bits per heavy atom. The number of piperidine rings is 1. The molecular weight excluding hydrogens is 614 g/mol. The normalized spacial score (nSPS) is 15.3. The maximum atomic E-state index is 14.0. The van der Waals surface area contributed by atoms with Crippen LogP contribution in [0.3, 0.4) is 0 Å². The first-order chi connectivity index (χ1) is 22.7. The number of nitrogens with two attached hydrogens (primary N) is 1. The van der Waals surface area contributed by atoms with E-state index in [-0.39, 0.29) is 31.1 Å². The van der Waals surface area contributed by atoms with E-state index in [2.05, 4.69) is 21.3 Å². The minimum Gasteiger partial charge on any atom is -0.368 e. The Morgan fingerprint density at radius 2 is 1.19 bits per heavy atom. The highest BCUT2D eigenvalue weighted by Crippen LogP contribution is 2.18. The third-order valence-electron chi connectivity index (χ3n) is 8.53.